The molecule has 13 heavy (non-hydrogen) atoms. The van der Waals surface area contributed by atoms with Gasteiger partial charge in [0.1, 0.15) is 6.79 Å². The molecule has 0 aromatic carbocycles. The van der Waals surface area contributed by atoms with E-state index in [0.29, 0.717) is 6.61 Å². The summed E-state index contributed by atoms with van der Waals surface area (Å²) in [5.41, 5.74) is 0. The first-order valence-electron chi connectivity index (χ1n) is 4.76. The molecule has 2 N–H and O–H groups in total. The molecule has 0 bridgehead atoms. The first kappa shape index (κ1) is 12.4. The van der Waals surface area contributed by atoms with E-state index in [9.17, 15) is 4.79 Å². The number of nitrogens with one attached hydrogen (secondary N) is 1. The molecule has 1 amide bonds. The number of hydrogen-bond acceptors (Lipinski definition) is 3. The summed E-state index contributed by atoms with van der Waals surface area (Å²) in [5.74, 6) is 0.204. The van der Waals surface area contributed by atoms with Crippen molar-refractivity contribution in [3.8, 4) is 0 Å². The van der Waals surface area contributed by atoms with Gasteiger partial charge < -0.3 is 15.2 Å². The lowest BCUT2D eigenvalue weighted by Crippen LogP contribution is -2.12. The Morgan fingerprint density at radius 1 is 1.62 bits per heavy atom. The van der Waals surface area contributed by atoms with Crippen LogP contribution in [-0.4, -0.2) is 31.0 Å². The maximum Gasteiger partial charge on any atom is 0.220 e. The minimum atomic E-state index is -0.139. The Morgan fingerprint density at radius 3 is 2.69 bits per heavy atom. The normalized spacial score (nSPS) is 14.8. The fourth-order valence-corrected chi connectivity index (χ4v) is 0.876. The number of carbonyl (C=O) groups is 1. The SMILES string of the molecule is CCCCOCO.O=C1CCCN1. The van der Waals surface area contributed by atoms with Gasteiger partial charge in [0.2, 0.25) is 5.91 Å². The van der Waals surface area contributed by atoms with Crippen molar-refractivity contribution in [1.29, 1.82) is 0 Å². The summed E-state index contributed by atoms with van der Waals surface area (Å²) in [5, 5.41) is 10.8. The standard InChI is InChI=1S/C5H12O2.C4H7NO/c1-2-3-4-7-5-6;6-4-2-1-3-5-4/h6H,2-5H2,1H3;1-3H2,(H,5,6). The van der Waals surface area contributed by atoms with Crippen molar-refractivity contribution in [3.05, 3.63) is 0 Å². The molecule has 0 aromatic rings. The Labute approximate surface area is 79.3 Å². The fraction of sp³-hybridized carbons (Fsp3) is 0.889. The highest BCUT2D eigenvalue weighted by atomic mass is 16.6. The van der Waals surface area contributed by atoms with Gasteiger partial charge >= 0.3 is 0 Å². The molecule has 0 unspecified atom stereocenters. The van der Waals surface area contributed by atoms with E-state index in [2.05, 4.69) is 17.0 Å². The smallest absolute Gasteiger partial charge is 0.220 e. The molecule has 0 saturated carbocycles. The van der Waals surface area contributed by atoms with Crippen LogP contribution in [0, 0.1) is 0 Å². The van der Waals surface area contributed by atoms with E-state index in [-0.39, 0.29) is 12.7 Å². The predicted molar refractivity (Wildman–Crippen MR) is 50.2 cm³/mol. The molecular formula is C9H19NO3. The van der Waals surface area contributed by atoms with Crippen LogP contribution in [0.4, 0.5) is 0 Å². The Balaban J connectivity index is 0.000000223. The van der Waals surface area contributed by atoms with E-state index in [1.807, 2.05) is 0 Å². The van der Waals surface area contributed by atoms with Crippen LogP contribution < -0.4 is 5.32 Å². The van der Waals surface area contributed by atoms with Crippen LogP contribution in [0.5, 0.6) is 0 Å². The number of unbranched alkanes of at least 4 members (excludes halogenated alkanes) is 1. The molecule has 0 radical (unpaired) electrons. The van der Waals surface area contributed by atoms with Gasteiger partial charge in [0.15, 0.2) is 0 Å². The Kier molecular flexibility index (Phi) is 9.03. The van der Waals surface area contributed by atoms with Crippen LogP contribution in [0.15, 0.2) is 0 Å². The summed E-state index contributed by atoms with van der Waals surface area (Å²) in [4.78, 5) is 10.1. The third kappa shape index (κ3) is 9.30. The number of carbonyl (C=O) groups excluding carboxylic acids is 1. The summed E-state index contributed by atoms with van der Waals surface area (Å²) in [6, 6.07) is 0. The number of amides is 1. The van der Waals surface area contributed by atoms with Gasteiger partial charge in [0.05, 0.1) is 0 Å². The van der Waals surface area contributed by atoms with E-state index in [1.165, 1.54) is 0 Å². The fourth-order valence-electron chi connectivity index (χ4n) is 0.876. The number of aliphatic hydroxyl groups excluding tert-OH is 1. The van der Waals surface area contributed by atoms with E-state index in [1.54, 1.807) is 0 Å². The van der Waals surface area contributed by atoms with Crippen molar-refractivity contribution in [3.63, 3.8) is 0 Å². The summed E-state index contributed by atoms with van der Waals surface area (Å²) >= 11 is 0. The molecule has 1 aliphatic heterocycles. The highest BCUT2D eigenvalue weighted by Gasteiger charge is 2.05. The third-order valence-corrected chi connectivity index (χ3v) is 1.64. The van der Waals surface area contributed by atoms with Crippen LogP contribution in [0.2, 0.25) is 0 Å². The Hall–Kier alpha value is -0.610. The van der Waals surface area contributed by atoms with Crippen molar-refractivity contribution in [1.82, 2.24) is 5.32 Å². The topological polar surface area (TPSA) is 58.6 Å². The number of aliphatic hydroxyl groups is 1. The number of hydrogen-bond donors (Lipinski definition) is 2. The van der Waals surface area contributed by atoms with Crippen LogP contribution in [0.3, 0.4) is 0 Å². The van der Waals surface area contributed by atoms with Crippen molar-refractivity contribution in [2.45, 2.75) is 32.6 Å². The second-order valence-electron chi connectivity index (χ2n) is 2.84. The molecule has 0 atom stereocenters. The first-order chi connectivity index (χ1) is 6.31. The van der Waals surface area contributed by atoms with E-state index < -0.39 is 0 Å². The molecule has 1 aliphatic rings. The lowest BCUT2D eigenvalue weighted by molar-refractivity contribution is -0.119. The molecule has 1 fully saturated rings. The lowest BCUT2D eigenvalue weighted by Gasteiger charge is -1.94. The Morgan fingerprint density at radius 2 is 2.38 bits per heavy atom. The maximum absolute atomic E-state index is 10.1. The van der Waals surface area contributed by atoms with Crippen molar-refractivity contribution >= 4 is 5.91 Å². The largest absolute Gasteiger partial charge is 0.371 e. The minimum absolute atomic E-state index is 0.139. The van der Waals surface area contributed by atoms with E-state index >= 15 is 0 Å². The average molecular weight is 189 g/mol. The van der Waals surface area contributed by atoms with Crippen molar-refractivity contribution < 1.29 is 14.6 Å². The number of ether oxygens (including phenoxy) is 1. The molecule has 4 heteroatoms. The molecule has 4 nitrogen and oxygen atoms in total. The van der Waals surface area contributed by atoms with Crippen LogP contribution in [0.25, 0.3) is 0 Å². The van der Waals surface area contributed by atoms with E-state index in [4.69, 9.17) is 5.11 Å². The summed E-state index contributed by atoms with van der Waals surface area (Å²) in [6.07, 6.45) is 3.93. The van der Waals surface area contributed by atoms with Gasteiger partial charge in [-0.2, -0.15) is 0 Å². The van der Waals surface area contributed by atoms with Crippen molar-refractivity contribution in [2.75, 3.05) is 19.9 Å². The second-order valence-corrected chi connectivity index (χ2v) is 2.84. The molecule has 1 saturated heterocycles. The zero-order valence-corrected chi connectivity index (χ0v) is 8.21. The second kappa shape index (κ2) is 9.48. The predicted octanol–water partition coefficient (Wildman–Crippen LogP) is 0.649. The monoisotopic (exact) mass is 189 g/mol. The molecule has 0 aromatic heterocycles. The van der Waals surface area contributed by atoms with Gasteiger partial charge in [-0.25, -0.2) is 0 Å². The number of rotatable bonds is 4. The lowest BCUT2D eigenvalue weighted by atomic mass is 10.4. The van der Waals surface area contributed by atoms with Crippen molar-refractivity contribution in [2.24, 2.45) is 0 Å². The molecule has 0 aliphatic carbocycles. The summed E-state index contributed by atoms with van der Waals surface area (Å²) in [7, 11) is 0. The highest BCUT2D eigenvalue weighted by molar-refractivity contribution is 5.77. The van der Waals surface area contributed by atoms with Gasteiger partial charge in [0.25, 0.3) is 0 Å². The zero-order valence-electron chi connectivity index (χ0n) is 8.21. The molecule has 1 rings (SSSR count). The Bertz CT molecular complexity index is 116. The quantitative estimate of drug-likeness (QED) is 0.504. The zero-order chi connectivity index (χ0) is 9.94. The van der Waals surface area contributed by atoms with Gasteiger partial charge in [0, 0.05) is 19.6 Å². The average Bonchev–Trinajstić information content (AvgIpc) is 2.58. The highest BCUT2D eigenvalue weighted by Crippen LogP contribution is 1.93. The van der Waals surface area contributed by atoms with E-state index in [0.717, 1.165) is 32.2 Å². The third-order valence-electron chi connectivity index (χ3n) is 1.64. The van der Waals surface area contributed by atoms with Crippen LogP contribution in [0.1, 0.15) is 32.6 Å². The van der Waals surface area contributed by atoms with Crippen LogP contribution in [-0.2, 0) is 9.53 Å². The van der Waals surface area contributed by atoms with Gasteiger partial charge in [-0.05, 0) is 12.8 Å². The molecular weight excluding hydrogens is 170 g/mol. The van der Waals surface area contributed by atoms with Gasteiger partial charge in [-0.15, -0.1) is 0 Å². The molecule has 0 spiro atoms. The van der Waals surface area contributed by atoms with Gasteiger partial charge in [-0.1, -0.05) is 13.3 Å². The maximum atomic E-state index is 10.1. The first-order valence-corrected chi connectivity index (χ1v) is 4.76. The molecule has 1 heterocycles. The minimum Gasteiger partial charge on any atom is -0.371 e. The summed E-state index contributed by atoms with van der Waals surface area (Å²) < 4.78 is 4.63. The van der Waals surface area contributed by atoms with Gasteiger partial charge in [-0.3, -0.25) is 4.79 Å². The summed E-state index contributed by atoms with van der Waals surface area (Å²) in [6.45, 7) is 3.52. The van der Waals surface area contributed by atoms with Crippen LogP contribution >= 0.6 is 0 Å². The molecule has 78 valence electrons.